The SMILES string of the molecule is CCN(CC(=O)N(C)C)c1cc(C(=O)OC)c(N)cn1. The molecule has 0 spiro atoms. The molecule has 7 heteroatoms. The standard InChI is InChI=1S/C13H20N4O3/c1-5-17(8-12(18)16(2)3)11-6-9(13(19)20-4)10(14)7-15-11/h6-7H,5,8,14H2,1-4H3. The Morgan fingerprint density at radius 3 is 2.55 bits per heavy atom. The van der Waals surface area contributed by atoms with Gasteiger partial charge in [-0.2, -0.15) is 0 Å². The zero-order chi connectivity index (χ0) is 15.3. The molecule has 0 aliphatic heterocycles. The highest BCUT2D eigenvalue weighted by Crippen LogP contribution is 2.19. The highest BCUT2D eigenvalue weighted by Gasteiger charge is 2.17. The van der Waals surface area contributed by atoms with Gasteiger partial charge in [-0.3, -0.25) is 4.79 Å². The minimum Gasteiger partial charge on any atom is -0.465 e. The Balaban J connectivity index is 3.04. The van der Waals surface area contributed by atoms with Crippen molar-refractivity contribution >= 4 is 23.4 Å². The molecule has 0 radical (unpaired) electrons. The van der Waals surface area contributed by atoms with Crippen molar-refractivity contribution in [3.63, 3.8) is 0 Å². The van der Waals surface area contributed by atoms with Gasteiger partial charge in [-0.15, -0.1) is 0 Å². The molecule has 1 aromatic rings. The zero-order valence-corrected chi connectivity index (χ0v) is 12.2. The van der Waals surface area contributed by atoms with E-state index in [9.17, 15) is 9.59 Å². The fourth-order valence-corrected chi connectivity index (χ4v) is 1.57. The lowest BCUT2D eigenvalue weighted by atomic mass is 10.2. The normalized spacial score (nSPS) is 10.0. The average molecular weight is 280 g/mol. The van der Waals surface area contributed by atoms with Crippen LogP contribution in [-0.4, -0.2) is 56.1 Å². The molecule has 0 saturated heterocycles. The van der Waals surface area contributed by atoms with Crippen molar-refractivity contribution in [1.82, 2.24) is 9.88 Å². The van der Waals surface area contributed by atoms with Gasteiger partial charge in [0.2, 0.25) is 5.91 Å². The van der Waals surface area contributed by atoms with Crippen LogP contribution in [0.2, 0.25) is 0 Å². The van der Waals surface area contributed by atoms with Crippen LogP contribution >= 0.6 is 0 Å². The number of carbonyl (C=O) groups is 2. The summed E-state index contributed by atoms with van der Waals surface area (Å²) in [4.78, 5) is 30.8. The Morgan fingerprint density at radius 1 is 1.40 bits per heavy atom. The molecule has 7 nitrogen and oxygen atoms in total. The number of methoxy groups -OCH3 is 1. The van der Waals surface area contributed by atoms with E-state index in [-0.39, 0.29) is 23.7 Å². The lowest BCUT2D eigenvalue weighted by molar-refractivity contribution is -0.127. The van der Waals surface area contributed by atoms with E-state index >= 15 is 0 Å². The molecule has 0 aromatic carbocycles. The van der Waals surface area contributed by atoms with Crippen LogP contribution in [0.25, 0.3) is 0 Å². The molecule has 20 heavy (non-hydrogen) atoms. The molecule has 1 rings (SSSR count). The fraction of sp³-hybridized carbons (Fsp3) is 0.462. The minimum atomic E-state index is -0.527. The Morgan fingerprint density at radius 2 is 2.05 bits per heavy atom. The van der Waals surface area contributed by atoms with Gasteiger partial charge in [0.1, 0.15) is 5.82 Å². The monoisotopic (exact) mass is 280 g/mol. The second-order valence-electron chi connectivity index (χ2n) is 4.42. The van der Waals surface area contributed by atoms with Gasteiger partial charge in [-0.25, -0.2) is 9.78 Å². The second kappa shape index (κ2) is 6.74. The van der Waals surface area contributed by atoms with E-state index in [0.29, 0.717) is 12.4 Å². The van der Waals surface area contributed by atoms with Gasteiger partial charge < -0.3 is 20.3 Å². The lowest BCUT2D eigenvalue weighted by Crippen LogP contribution is -2.37. The molecule has 1 amide bonds. The molecule has 0 aliphatic rings. The number of anilines is 2. The number of nitrogen functional groups attached to an aromatic ring is 1. The van der Waals surface area contributed by atoms with Crippen LogP contribution in [0.3, 0.4) is 0 Å². The topological polar surface area (TPSA) is 88.8 Å². The number of hydrogen-bond donors (Lipinski definition) is 1. The number of hydrogen-bond acceptors (Lipinski definition) is 6. The summed E-state index contributed by atoms with van der Waals surface area (Å²) in [6.07, 6.45) is 1.39. The van der Waals surface area contributed by atoms with Crippen molar-refractivity contribution in [1.29, 1.82) is 0 Å². The summed E-state index contributed by atoms with van der Waals surface area (Å²) in [7, 11) is 4.66. The number of ether oxygens (including phenoxy) is 1. The summed E-state index contributed by atoms with van der Waals surface area (Å²) in [6, 6.07) is 1.54. The largest absolute Gasteiger partial charge is 0.465 e. The summed E-state index contributed by atoms with van der Waals surface area (Å²) in [5.41, 5.74) is 6.19. The van der Waals surface area contributed by atoms with Crippen LogP contribution in [0, 0.1) is 0 Å². The lowest BCUT2D eigenvalue weighted by Gasteiger charge is -2.23. The molecule has 0 saturated carbocycles. The summed E-state index contributed by atoms with van der Waals surface area (Å²) in [6.45, 7) is 2.66. The van der Waals surface area contributed by atoms with Gasteiger partial charge >= 0.3 is 5.97 Å². The zero-order valence-electron chi connectivity index (χ0n) is 12.2. The molecule has 0 fully saturated rings. The first-order valence-corrected chi connectivity index (χ1v) is 6.19. The quantitative estimate of drug-likeness (QED) is 0.784. The summed E-state index contributed by atoms with van der Waals surface area (Å²) < 4.78 is 4.66. The van der Waals surface area contributed by atoms with Crippen LogP contribution in [0.1, 0.15) is 17.3 Å². The molecule has 0 aliphatic carbocycles. The molecule has 0 bridgehead atoms. The van der Waals surface area contributed by atoms with Crippen molar-refractivity contribution in [3.8, 4) is 0 Å². The Hall–Kier alpha value is -2.31. The molecule has 1 aromatic heterocycles. The number of rotatable bonds is 5. The number of nitrogens with zero attached hydrogens (tertiary/aromatic N) is 3. The molecular weight excluding hydrogens is 260 g/mol. The molecule has 0 atom stereocenters. The van der Waals surface area contributed by atoms with Crippen molar-refractivity contribution in [2.24, 2.45) is 0 Å². The first-order valence-electron chi connectivity index (χ1n) is 6.19. The smallest absolute Gasteiger partial charge is 0.340 e. The van der Waals surface area contributed by atoms with Gasteiger partial charge in [0.15, 0.2) is 0 Å². The minimum absolute atomic E-state index is 0.0508. The van der Waals surface area contributed by atoms with E-state index in [1.54, 1.807) is 19.0 Å². The van der Waals surface area contributed by atoms with E-state index < -0.39 is 5.97 Å². The highest BCUT2D eigenvalue weighted by molar-refractivity contribution is 5.95. The Kier molecular flexibility index (Phi) is 5.31. The fourth-order valence-electron chi connectivity index (χ4n) is 1.57. The van der Waals surface area contributed by atoms with Gasteiger partial charge in [0, 0.05) is 20.6 Å². The highest BCUT2D eigenvalue weighted by atomic mass is 16.5. The molecule has 0 unspecified atom stereocenters. The number of carbonyl (C=O) groups excluding carboxylic acids is 2. The van der Waals surface area contributed by atoms with E-state index in [0.717, 1.165) is 0 Å². The first kappa shape index (κ1) is 15.7. The van der Waals surface area contributed by atoms with Crippen molar-refractivity contribution in [3.05, 3.63) is 17.8 Å². The van der Waals surface area contributed by atoms with Crippen LogP contribution in [-0.2, 0) is 9.53 Å². The maximum absolute atomic E-state index is 11.8. The van der Waals surface area contributed by atoms with Crippen molar-refractivity contribution in [2.75, 3.05) is 44.9 Å². The van der Waals surface area contributed by atoms with Crippen LogP contribution < -0.4 is 10.6 Å². The summed E-state index contributed by atoms with van der Waals surface area (Å²) in [5.74, 6) is -0.0662. The van der Waals surface area contributed by atoms with Crippen molar-refractivity contribution < 1.29 is 14.3 Å². The van der Waals surface area contributed by atoms with Gasteiger partial charge in [0.25, 0.3) is 0 Å². The maximum atomic E-state index is 11.8. The molecular formula is C13H20N4O3. The van der Waals surface area contributed by atoms with Gasteiger partial charge in [-0.05, 0) is 13.0 Å². The van der Waals surface area contributed by atoms with Crippen LogP contribution in [0.15, 0.2) is 12.3 Å². The second-order valence-corrected chi connectivity index (χ2v) is 4.42. The number of likely N-dealkylation sites (N-methyl/N-ethyl adjacent to an activating group) is 2. The summed E-state index contributed by atoms with van der Waals surface area (Å²) in [5, 5.41) is 0. The maximum Gasteiger partial charge on any atom is 0.340 e. The number of nitrogens with two attached hydrogens (primary N) is 1. The third-order valence-corrected chi connectivity index (χ3v) is 2.86. The predicted molar refractivity (Wildman–Crippen MR) is 76.6 cm³/mol. The van der Waals surface area contributed by atoms with E-state index in [1.807, 2.05) is 6.92 Å². The van der Waals surface area contributed by atoms with E-state index in [1.165, 1.54) is 24.3 Å². The predicted octanol–water partition coefficient (Wildman–Crippen LogP) is 0.365. The number of pyridine rings is 1. The Bertz CT molecular complexity index is 502. The van der Waals surface area contributed by atoms with Crippen LogP contribution in [0.4, 0.5) is 11.5 Å². The summed E-state index contributed by atoms with van der Waals surface area (Å²) >= 11 is 0. The average Bonchev–Trinajstić information content (AvgIpc) is 2.44. The van der Waals surface area contributed by atoms with E-state index in [4.69, 9.17) is 5.73 Å². The van der Waals surface area contributed by atoms with Gasteiger partial charge in [0.05, 0.1) is 31.1 Å². The van der Waals surface area contributed by atoms with Crippen molar-refractivity contribution in [2.45, 2.75) is 6.92 Å². The number of amides is 1. The van der Waals surface area contributed by atoms with Gasteiger partial charge in [-0.1, -0.05) is 0 Å². The van der Waals surface area contributed by atoms with E-state index in [2.05, 4.69) is 9.72 Å². The first-order chi connectivity index (χ1) is 9.40. The Labute approximate surface area is 118 Å². The molecule has 1 heterocycles. The van der Waals surface area contributed by atoms with Crippen LogP contribution in [0.5, 0.6) is 0 Å². The molecule has 110 valence electrons. The number of esters is 1. The number of aromatic nitrogens is 1. The third kappa shape index (κ3) is 3.59. The molecule has 2 N–H and O–H groups in total. The third-order valence-electron chi connectivity index (χ3n) is 2.86.